The van der Waals surface area contributed by atoms with Crippen LogP contribution in [0, 0.1) is 22.0 Å². The second kappa shape index (κ2) is 8.47. The van der Waals surface area contributed by atoms with E-state index < -0.39 is 52.4 Å². The van der Waals surface area contributed by atoms with Gasteiger partial charge in [-0.2, -0.15) is 0 Å². The average molecular weight is 393 g/mol. The number of Topliss-reactive ketones (excluding diaryl/α,β-unsaturated/α-hetero) is 1. The third kappa shape index (κ3) is 4.19. The number of nitro benzene ring substituents is 1. The van der Waals surface area contributed by atoms with Crippen LogP contribution in [0.2, 0.25) is 0 Å². The summed E-state index contributed by atoms with van der Waals surface area (Å²) in [4.78, 5) is 48.2. The van der Waals surface area contributed by atoms with Crippen LogP contribution in [-0.4, -0.2) is 46.6 Å². The Morgan fingerprint density at radius 3 is 2.21 bits per heavy atom. The number of non-ortho nitro benzene ring substituents is 1. The van der Waals surface area contributed by atoms with E-state index in [0.717, 1.165) is 0 Å². The number of ether oxygens (including phenoxy) is 2. The zero-order valence-electron chi connectivity index (χ0n) is 15.9. The second-order valence-corrected chi connectivity index (χ2v) is 6.83. The van der Waals surface area contributed by atoms with Gasteiger partial charge >= 0.3 is 11.9 Å². The van der Waals surface area contributed by atoms with Gasteiger partial charge in [-0.25, -0.2) is 0 Å². The Bertz CT molecular complexity index is 771. The molecule has 0 aromatic heterocycles. The standard InChI is InChI=1S/C19H23NO8/c1-4-27-17(22)15-13(21)10-19(3,24)16(18(23)28-5-2)14(15)11-6-8-12(9-7-11)20(25)26/h6-9,14-16,24H,4-5,10H2,1-3H3/t14-,15-,16-,19-/m1/s1. The Morgan fingerprint density at radius 1 is 1.18 bits per heavy atom. The van der Waals surface area contributed by atoms with Crippen molar-refractivity contribution >= 4 is 23.4 Å². The molecule has 0 heterocycles. The average Bonchev–Trinajstić information content (AvgIpc) is 2.60. The third-order valence-electron chi connectivity index (χ3n) is 4.84. The Balaban J connectivity index is 2.61. The molecule has 0 bridgehead atoms. The van der Waals surface area contributed by atoms with Crippen LogP contribution in [0.25, 0.3) is 0 Å². The summed E-state index contributed by atoms with van der Waals surface area (Å²) in [6.45, 7) is 4.62. The molecule has 1 saturated carbocycles. The summed E-state index contributed by atoms with van der Waals surface area (Å²) in [6, 6.07) is 5.17. The van der Waals surface area contributed by atoms with Crippen LogP contribution >= 0.6 is 0 Å². The predicted molar refractivity (Wildman–Crippen MR) is 96.3 cm³/mol. The molecule has 1 N–H and O–H groups in total. The Labute approximate surface area is 161 Å². The van der Waals surface area contributed by atoms with Gasteiger partial charge in [0.2, 0.25) is 0 Å². The lowest BCUT2D eigenvalue weighted by atomic mass is 9.61. The van der Waals surface area contributed by atoms with E-state index >= 15 is 0 Å². The number of nitrogens with zero attached hydrogens (tertiary/aromatic N) is 1. The van der Waals surface area contributed by atoms with Gasteiger partial charge in [0, 0.05) is 24.5 Å². The maximum Gasteiger partial charge on any atom is 0.317 e. The molecule has 0 radical (unpaired) electrons. The summed E-state index contributed by atoms with van der Waals surface area (Å²) in [5, 5.41) is 21.7. The van der Waals surface area contributed by atoms with Crippen molar-refractivity contribution in [3.05, 3.63) is 39.9 Å². The molecule has 4 atom stereocenters. The molecule has 9 heteroatoms. The molecule has 1 fully saturated rings. The first kappa shape index (κ1) is 21.5. The smallest absolute Gasteiger partial charge is 0.317 e. The summed E-state index contributed by atoms with van der Waals surface area (Å²) in [7, 11) is 0. The SMILES string of the molecule is CCOC(=O)[C@@H]1C(=O)C[C@@](C)(O)[C@@H](C(=O)OCC)[C@@H]1c1ccc([N+](=O)[O-])cc1. The molecule has 2 rings (SSSR count). The second-order valence-electron chi connectivity index (χ2n) is 6.83. The molecule has 0 aliphatic heterocycles. The number of carbonyl (C=O) groups is 3. The number of hydrogen-bond donors (Lipinski definition) is 1. The summed E-state index contributed by atoms with van der Waals surface area (Å²) >= 11 is 0. The number of rotatable bonds is 6. The molecule has 0 unspecified atom stereocenters. The molecule has 1 aliphatic rings. The van der Waals surface area contributed by atoms with Crippen LogP contribution in [0.5, 0.6) is 0 Å². The fraction of sp³-hybridized carbons (Fsp3) is 0.526. The molecular formula is C19H23NO8. The molecule has 0 amide bonds. The first-order chi connectivity index (χ1) is 13.1. The van der Waals surface area contributed by atoms with Gasteiger partial charge < -0.3 is 14.6 Å². The lowest BCUT2D eigenvalue weighted by molar-refractivity contribution is -0.384. The van der Waals surface area contributed by atoms with Gasteiger partial charge in [0.1, 0.15) is 5.92 Å². The fourth-order valence-electron chi connectivity index (χ4n) is 3.70. The van der Waals surface area contributed by atoms with Crippen molar-refractivity contribution in [2.75, 3.05) is 13.2 Å². The Kier molecular flexibility index (Phi) is 6.50. The minimum atomic E-state index is -1.75. The highest BCUT2D eigenvalue weighted by Gasteiger charge is 2.57. The van der Waals surface area contributed by atoms with Gasteiger partial charge in [-0.3, -0.25) is 24.5 Å². The number of hydrogen-bond acceptors (Lipinski definition) is 8. The van der Waals surface area contributed by atoms with E-state index in [4.69, 9.17) is 9.47 Å². The van der Waals surface area contributed by atoms with E-state index in [2.05, 4.69) is 0 Å². The number of ketones is 1. The van der Waals surface area contributed by atoms with Gasteiger partial charge in [0.15, 0.2) is 5.78 Å². The van der Waals surface area contributed by atoms with Crippen molar-refractivity contribution in [2.45, 2.75) is 38.7 Å². The highest BCUT2D eigenvalue weighted by molar-refractivity contribution is 6.02. The van der Waals surface area contributed by atoms with E-state index in [1.807, 2.05) is 0 Å². The summed E-state index contributed by atoms with van der Waals surface area (Å²) in [5.74, 6) is -5.74. The molecule has 0 saturated heterocycles. The van der Waals surface area contributed by atoms with Crippen molar-refractivity contribution in [1.82, 2.24) is 0 Å². The maximum absolute atomic E-state index is 12.7. The van der Waals surface area contributed by atoms with Gasteiger partial charge in [-0.1, -0.05) is 12.1 Å². The minimum absolute atomic E-state index is 0.0378. The molecule has 1 aliphatic carbocycles. The zero-order chi connectivity index (χ0) is 21.1. The molecule has 28 heavy (non-hydrogen) atoms. The van der Waals surface area contributed by atoms with E-state index in [1.54, 1.807) is 13.8 Å². The minimum Gasteiger partial charge on any atom is -0.466 e. The van der Waals surface area contributed by atoms with Gasteiger partial charge in [-0.05, 0) is 26.3 Å². The quantitative estimate of drug-likeness (QED) is 0.334. The lowest BCUT2D eigenvalue weighted by Crippen LogP contribution is -2.55. The van der Waals surface area contributed by atoms with Crippen LogP contribution in [-0.2, 0) is 23.9 Å². The fourth-order valence-corrected chi connectivity index (χ4v) is 3.70. The van der Waals surface area contributed by atoms with Gasteiger partial charge in [0.05, 0.1) is 29.7 Å². The van der Waals surface area contributed by atoms with Crippen molar-refractivity contribution in [2.24, 2.45) is 11.8 Å². The maximum atomic E-state index is 12.7. The van der Waals surface area contributed by atoms with E-state index in [-0.39, 0.29) is 18.9 Å². The normalized spacial score (nSPS) is 27.1. The van der Waals surface area contributed by atoms with Crippen molar-refractivity contribution in [3.8, 4) is 0 Å². The van der Waals surface area contributed by atoms with Crippen molar-refractivity contribution < 1.29 is 33.9 Å². The van der Waals surface area contributed by atoms with Crippen LogP contribution in [0.4, 0.5) is 5.69 Å². The number of carbonyl (C=O) groups excluding carboxylic acids is 3. The zero-order valence-corrected chi connectivity index (χ0v) is 15.9. The molecule has 1 aromatic rings. The molecule has 0 spiro atoms. The highest BCUT2D eigenvalue weighted by Crippen LogP contribution is 2.46. The number of benzene rings is 1. The van der Waals surface area contributed by atoms with E-state index in [9.17, 15) is 29.6 Å². The van der Waals surface area contributed by atoms with E-state index in [1.165, 1.54) is 31.2 Å². The highest BCUT2D eigenvalue weighted by atomic mass is 16.6. The Hall–Kier alpha value is -2.81. The monoisotopic (exact) mass is 393 g/mol. The number of esters is 2. The third-order valence-corrected chi connectivity index (χ3v) is 4.84. The molecular weight excluding hydrogens is 370 g/mol. The van der Waals surface area contributed by atoms with Crippen molar-refractivity contribution in [1.29, 1.82) is 0 Å². The topological polar surface area (TPSA) is 133 Å². The van der Waals surface area contributed by atoms with Gasteiger partial charge in [-0.15, -0.1) is 0 Å². The van der Waals surface area contributed by atoms with Crippen LogP contribution in [0.15, 0.2) is 24.3 Å². The van der Waals surface area contributed by atoms with Crippen LogP contribution < -0.4 is 0 Å². The first-order valence-electron chi connectivity index (χ1n) is 8.96. The van der Waals surface area contributed by atoms with E-state index in [0.29, 0.717) is 5.56 Å². The number of aliphatic hydroxyl groups is 1. The Morgan fingerprint density at radius 2 is 1.71 bits per heavy atom. The summed E-state index contributed by atoms with van der Waals surface area (Å²) in [6.07, 6.45) is -0.413. The molecule has 9 nitrogen and oxygen atoms in total. The summed E-state index contributed by atoms with van der Waals surface area (Å²) in [5.41, 5.74) is -1.60. The lowest BCUT2D eigenvalue weighted by Gasteiger charge is -2.43. The molecule has 1 aromatic carbocycles. The van der Waals surface area contributed by atoms with Gasteiger partial charge in [0.25, 0.3) is 5.69 Å². The largest absolute Gasteiger partial charge is 0.466 e. The summed E-state index contributed by atoms with van der Waals surface area (Å²) < 4.78 is 10.1. The van der Waals surface area contributed by atoms with Crippen LogP contribution in [0.1, 0.15) is 38.7 Å². The first-order valence-corrected chi connectivity index (χ1v) is 8.96. The van der Waals surface area contributed by atoms with Crippen LogP contribution in [0.3, 0.4) is 0 Å². The number of nitro groups is 1. The van der Waals surface area contributed by atoms with Crippen molar-refractivity contribution in [3.63, 3.8) is 0 Å². The predicted octanol–water partition coefficient (Wildman–Crippen LogP) is 1.76. The molecule has 152 valence electrons.